The molecular weight excluding hydrogens is 852 g/mol. The molecule has 0 radical (unpaired) electrons. The van der Waals surface area contributed by atoms with E-state index in [0.717, 1.165) is 19.3 Å². The van der Waals surface area contributed by atoms with Crippen molar-refractivity contribution in [1.29, 1.82) is 0 Å². The van der Waals surface area contributed by atoms with E-state index in [2.05, 4.69) is 34.6 Å². The first-order chi connectivity index (χ1) is 30.2. The van der Waals surface area contributed by atoms with Gasteiger partial charge in [-0.1, -0.05) is 27.7 Å². The first-order valence-corrected chi connectivity index (χ1v) is 24.2. The van der Waals surface area contributed by atoms with E-state index in [1.807, 2.05) is 0 Å². The maximum Gasteiger partial charge on any atom is 0.187 e. The van der Waals surface area contributed by atoms with Crippen LogP contribution in [0.2, 0.25) is 0 Å². The van der Waals surface area contributed by atoms with Gasteiger partial charge in [0.25, 0.3) is 0 Å². The van der Waals surface area contributed by atoms with Crippen LogP contribution in [0.5, 0.6) is 0 Å². The lowest BCUT2D eigenvalue weighted by Crippen LogP contribution is -2.66. The molecule has 0 bridgehead atoms. The van der Waals surface area contributed by atoms with E-state index in [-0.39, 0.29) is 46.7 Å². The Morgan fingerprint density at radius 2 is 1.31 bits per heavy atom. The maximum absolute atomic E-state index is 12.3. The zero-order valence-electron chi connectivity index (χ0n) is 39.2. The molecule has 0 amide bonds. The Kier molecular flexibility index (Phi) is 12.4. The lowest BCUT2D eigenvalue weighted by Gasteiger charge is -2.65. The van der Waals surface area contributed by atoms with Crippen molar-refractivity contribution in [2.45, 2.75) is 235 Å². The highest BCUT2D eigenvalue weighted by Gasteiger charge is 2.85. The van der Waals surface area contributed by atoms with Gasteiger partial charge in [0.1, 0.15) is 61.0 Å². The van der Waals surface area contributed by atoms with Crippen LogP contribution in [0.4, 0.5) is 0 Å². The van der Waals surface area contributed by atoms with Crippen LogP contribution in [-0.4, -0.2) is 191 Å². The van der Waals surface area contributed by atoms with Crippen LogP contribution < -0.4 is 0 Å². The highest BCUT2D eigenvalue weighted by molar-refractivity contribution is 5.33. The van der Waals surface area contributed by atoms with E-state index >= 15 is 0 Å². The average Bonchev–Trinajstić information content (AvgIpc) is 3.60. The van der Waals surface area contributed by atoms with Crippen LogP contribution in [0, 0.1) is 44.8 Å². The summed E-state index contributed by atoms with van der Waals surface area (Å²) in [6.45, 7) is 15.1. The minimum absolute atomic E-state index is 0.0390. The van der Waals surface area contributed by atoms with Crippen LogP contribution in [0.25, 0.3) is 0 Å². The van der Waals surface area contributed by atoms with Crippen molar-refractivity contribution in [3.05, 3.63) is 0 Å². The molecule has 5 saturated carbocycles. The molecule has 374 valence electrons. The normalized spacial score (nSPS) is 58.7. The van der Waals surface area contributed by atoms with Gasteiger partial charge < -0.3 is 89.3 Å². The highest BCUT2D eigenvalue weighted by atomic mass is 16.8. The average molecular weight is 931 g/mol. The molecule has 0 aromatic rings. The molecule has 11 N–H and O–H groups in total. The van der Waals surface area contributed by atoms with Crippen LogP contribution in [-0.2, 0) is 33.2 Å². The fourth-order valence-corrected chi connectivity index (χ4v) is 16.3. The van der Waals surface area contributed by atoms with Crippen molar-refractivity contribution in [2.24, 2.45) is 44.8 Å². The number of aliphatic hydroxyl groups is 11. The lowest BCUT2D eigenvalue weighted by atomic mass is 9.41. The largest absolute Gasteiger partial charge is 0.394 e. The van der Waals surface area contributed by atoms with Crippen LogP contribution in [0.15, 0.2) is 0 Å². The number of hydrogen-bond donors (Lipinski definition) is 11. The molecule has 4 aliphatic heterocycles. The van der Waals surface area contributed by atoms with E-state index in [9.17, 15) is 56.2 Å². The van der Waals surface area contributed by atoms with Gasteiger partial charge in [-0.05, 0) is 124 Å². The Morgan fingerprint density at radius 3 is 1.95 bits per heavy atom. The maximum atomic E-state index is 12.3. The molecule has 9 aliphatic rings. The molecule has 4 heterocycles. The monoisotopic (exact) mass is 931 g/mol. The van der Waals surface area contributed by atoms with Crippen molar-refractivity contribution in [3.8, 4) is 0 Å². The summed E-state index contributed by atoms with van der Waals surface area (Å²) in [6.07, 6.45) is -16.0. The van der Waals surface area contributed by atoms with Gasteiger partial charge >= 0.3 is 0 Å². The second kappa shape index (κ2) is 16.4. The summed E-state index contributed by atoms with van der Waals surface area (Å²) in [4.78, 5) is 0. The zero-order chi connectivity index (χ0) is 47.4. The summed E-state index contributed by atoms with van der Waals surface area (Å²) in [5, 5.41) is 120. The summed E-state index contributed by atoms with van der Waals surface area (Å²) in [6, 6.07) is 0. The quantitative estimate of drug-likeness (QED) is 0.131. The second-order valence-electron chi connectivity index (χ2n) is 23.8. The third kappa shape index (κ3) is 7.23. The third-order valence-electron chi connectivity index (χ3n) is 19.7. The fourth-order valence-electron chi connectivity index (χ4n) is 16.3. The number of fused-ring (bicyclic) bond motifs is 2. The van der Waals surface area contributed by atoms with E-state index in [4.69, 9.17) is 33.2 Å². The van der Waals surface area contributed by atoms with E-state index in [0.29, 0.717) is 38.5 Å². The van der Waals surface area contributed by atoms with Crippen molar-refractivity contribution in [2.75, 3.05) is 13.2 Å². The van der Waals surface area contributed by atoms with Crippen molar-refractivity contribution in [1.82, 2.24) is 0 Å². The first-order valence-electron chi connectivity index (χ1n) is 24.2. The molecule has 18 heteroatoms. The Balaban J connectivity index is 1.04. The van der Waals surface area contributed by atoms with Gasteiger partial charge in [-0.15, -0.1) is 0 Å². The van der Waals surface area contributed by atoms with Gasteiger partial charge in [0.2, 0.25) is 0 Å². The summed E-state index contributed by atoms with van der Waals surface area (Å²) in [5.74, 6) is -0.425. The molecule has 18 nitrogen and oxygen atoms in total. The Bertz CT molecular complexity index is 1750. The predicted molar refractivity (Wildman–Crippen MR) is 225 cm³/mol. The summed E-state index contributed by atoms with van der Waals surface area (Å²) in [5.41, 5.74) is -3.65. The van der Waals surface area contributed by atoms with Crippen molar-refractivity contribution < 1.29 is 89.3 Å². The smallest absolute Gasteiger partial charge is 0.187 e. The Hall–Kier alpha value is -0.720. The number of ether oxygens (including phenoxy) is 7. The molecule has 4 saturated heterocycles. The molecule has 26 atom stereocenters. The molecule has 0 aromatic heterocycles. The van der Waals surface area contributed by atoms with Crippen LogP contribution >= 0.6 is 0 Å². The molecule has 9 fully saturated rings. The molecule has 5 aliphatic carbocycles. The van der Waals surface area contributed by atoms with Crippen molar-refractivity contribution in [3.63, 3.8) is 0 Å². The Labute approximate surface area is 381 Å². The fraction of sp³-hybridized carbons (Fsp3) is 1.00. The highest BCUT2D eigenvalue weighted by Crippen LogP contribution is 2.89. The predicted octanol–water partition coefficient (Wildman–Crippen LogP) is -0.424. The topological polar surface area (TPSA) is 287 Å². The van der Waals surface area contributed by atoms with Gasteiger partial charge in [-0.2, -0.15) is 0 Å². The number of rotatable bonds is 9. The minimum Gasteiger partial charge on any atom is -0.394 e. The van der Waals surface area contributed by atoms with Gasteiger partial charge in [-0.3, -0.25) is 0 Å². The van der Waals surface area contributed by atoms with E-state index in [1.165, 1.54) is 6.92 Å². The van der Waals surface area contributed by atoms with Gasteiger partial charge in [-0.25, -0.2) is 0 Å². The molecule has 65 heavy (non-hydrogen) atoms. The van der Waals surface area contributed by atoms with Gasteiger partial charge in [0.15, 0.2) is 18.9 Å². The van der Waals surface area contributed by atoms with Gasteiger partial charge in [0, 0.05) is 5.92 Å². The Morgan fingerprint density at radius 1 is 0.646 bits per heavy atom. The van der Waals surface area contributed by atoms with Crippen LogP contribution in [0.3, 0.4) is 0 Å². The van der Waals surface area contributed by atoms with Gasteiger partial charge in [0.05, 0.1) is 54.9 Å². The number of hydrogen-bond acceptors (Lipinski definition) is 18. The zero-order valence-corrected chi connectivity index (χ0v) is 39.2. The molecule has 0 aromatic carbocycles. The molecule has 2 spiro atoms. The second-order valence-corrected chi connectivity index (χ2v) is 23.8. The molecule has 9 rings (SSSR count). The first kappa shape index (κ1) is 49.3. The SMILES string of the molecule is C[C@H]1O[C@@H](O[C@H]2[C@@H](O[C@H]3CC[C@]45C[C@]46CC[C@@]4(C)[C@@H]([C@]7(C)CC[C@H](C(C)(C)O)O7)[C@@H](O)C[C@@]4(C)[C@@H]6C[C@H](O[C@H]4O[C@@H](CO)[C@@H](O)[C@H](O)[C@H]4O)[C@@H]5C3(C)C)OC[C@H](O)[C@@H]2O)[C@@H](O)[C@H](O)[C@@H]1O. The molecule has 0 unspecified atom stereocenters. The van der Waals surface area contributed by atoms with E-state index in [1.54, 1.807) is 13.8 Å². The number of aliphatic hydroxyl groups excluding tert-OH is 10. The lowest BCUT2D eigenvalue weighted by molar-refractivity contribution is -0.366. The molecular formula is C47H78O18. The summed E-state index contributed by atoms with van der Waals surface area (Å²) < 4.78 is 44.5. The third-order valence-corrected chi connectivity index (χ3v) is 19.7. The standard InChI is InChI=1S/C47H78O18/c1-20-28(51)31(54)33(56)38(60-20)64-35-29(52)22(50)18-59-40(35)63-26-10-12-47-19-46(47)14-13-43(6)36(45(8)11-9-27(65-45)42(4,5)58)21(49)16-44(43,7)25(46)15-23(37(47)41(26,2)3)61-39-34(57)32(55)30(53)24(17-48)62-39/h20-40,48-58H,9-19H2,1-8H3/t20-,21+,22+,23+,24+,25+,26+,27-,28-,29+,30-,31-,32+,33+,34-,35-,36+,37-,38+,39+,40-,43+,44+,45+,46+,47-/m1/s1. The summed E-state index contributed by atoms with van der Waals surface area (Å²) >= 11 is 0. The van der Waals surface area contributed by atoms with Crippen molar-refractivity contribution >= 4 is 0 Å². The minimum atomic E-state index is -1.69. The summed E-state index contributed by atoms with van der Waals surface area (Å²) in [7, 11) is 0. The van der Waals surface area contributed by atoms with E-state index < -0.39 is 133 Å². The van der Waals surface area contributed by atoms with Crippen LogP contribution in [0.1, 0.15) is 113 Å².